The fraction of sp³-hybridized carbons (Fsp3) is 0.182. The third kappa shape index (κ3) is 2.54. The highest BCUT2D eigenvalue weighted by atomic mass is 16.3. The van der Waals surface area contributed by atoms with Gasteiger partial charge in [-0.3, -0.25) is 0 Å². The van der Waals surface area contributed by atoms with Crippen molar-refractivity contribution in [3.8, 4) is 0 Å². The molecule has 0 heterocycles. The summed E-state index contributed by atoms with van der Waals surface area (Å²) in [6.07, 6.45) is 9.54. The van der Waals surface area contributed by atoms with Gasteiger partial charge in [0.2, 0.25) is 0 Å². The number of allylic oxidation sites excluding steroid dienone is 4. The maximum atomic E-state index is 10.4. The molecule has 2 aliphatic carbocycles. The molecular weight excluding hydrogens is 294 g/mol. The van der Waals surface area contributed by atoms with Crippen LogP contribution >= 0.6 is 0 Å². The number of benzene rings is 2. The number of aliphatic hydroxyl groups is 1. The molecule has 1 unspecified atom stereocenters. The fourth-order valence-corrected chi connectivity index (χ4v) is 3.74. The second-order valence-electron chi connectivity index (χ2n) is 6.35. The van der Waals surface area contributed by atoms with Crippen LogP contribution in [0.15, 0.2) is 83.0 Å². The van der Waals surface area contributed by atoms with E-state index in [9.17, 15) is 5.11 Å². The molecule has 0 radical (unpaired) electrons. The maximum absolute atomic E-state index is 10.4. The van der Waals surface area contributed by atoms with E-state index in [2.05, 4.69) is 60.7 Å². The van der Waals surface area contributed by atoms with Gasteiger partial charge in [0, 0.05) is 0 Å². The van der Waals surface area contributed by atoms with Gasteiger partial charge in [-0.25, -0.2) is 0 Å². The number of nitrogens with two attached hydrogens (primary N) is 1. The van der Waals surface area contributed by atoms with Gasteiger partial charge >= 0.3 is 0 Å². The Labute approximate surface area is 142 Å². The van der Waals surface area contributed by atoms with E-state index in [-0.39, 0.29) is 0 Å². The minimum absolute atomic E-state index is 0.509. The Morgan fingerprint density at radius 3 is 2.83 bits per heavy atom. The predicted octanol–water partition coefficient (Wildman–Crippen LogP) is 4.13. The van der Waals surface area contributed by atoms with Gasteiger partial charge in [0.1, 0.15) is 0 Å². The average molecular weight is 315 g/mol. The molecule has 0 spiro atoms. The van der Waals surface area contributed by atoms with Crippen LogP contribution in [-0.2, 0) is 0 Å². The van der Waals surface area contributed by atoms with Crippen LogP contribution in [0.2, 0.25) is 0 Å². The molecule has 0 aliphatic heterocycles. The SMILES string of the molecule is NCCC1=C/C(=C\c2cccc3ccccc23)C2=C1C(O)C=CC2. The Kier molecular flexibility index (Phi) is 3.93. The molecule has 2 aliphatic rings. The van der Waals surface area contributed by atoms with Gasteiger partial charge < -0.3 is 10.8 Å². The zero-order valence-corrected chi connectivity index (χ0v) is 13.6. The molecule has 1 atom stereocenters. The van der Waals surface area contributed by atoms with E-state index >= 15 is 0 Å². The molecule has 120 valence electrons. The van der Waals surface area contributed by atoms with Crippen molar-refractivity contribution in [3.05, 3.63) is 88.5 Å². The van der Waals surface area contributed by atoms with Gasteiger partial charge in [0.25, 0.3) is 0 Å². The van der Waals surface area contributed by atoms with Gasteiger partial charge in [-0.2, -0.15) is 0 Å². The molecule has 2 heteroatoms. The van der Waals surface area contributed by atoms with Crippen LogP contribution in [0.4, 0.5) is 0 Å². The van der Waals surface area contributed by atoms with Gasteiger partial charge in [-0.05, 0) is 64.1 Å². The lowest BCUT2D eigenvalue weighted by Gasteiger charge is -2.18. The summed E-state index contributed by atoms with van der Waals surface area (Å²) in [6.45, 7) is 0.598. The second kappa shape index (κ2) is 6.23. The molecule has 2 aromatic rings. The monoisotopic (exact) mass is 315 g/mol. The Morgan fingerprint density at radius 2 is 1.96 bits per heavy atom. The first-order valence-electron chi connectivity index (χ1n) is 8.46. The molecule has 0 fully saturated rings. The van der Waals surface area contributed by atoms with Crippen LogP contribution in [-0.4, -0.2) is 17.8 Å². The zero-order valence-electron chi connectivity index (χ0n) is 13.6. The summed E-state index contributed by atoms with van der Waals surface area (Å²) in [5.74, 6) is 0. The topological polar surface area (TPSA) is 46.2 Å². The summed E-state index contributed by atoms with van der Waals surface area (Å²) in [6, 6.07) is 14.8. The lowest BCUT2D eigenvalue weighted by atomic mass is 9.90. The third-order valence-electron chi connectivity index (χ3n) is 4.83. The number of hydrogen-bond donors (Lipinski definition) is 2. The van der Waals surface area contributed by atoms with Crippen molar-refractivity contribution in [2.45, 2.75) is 18.9 Å². The van der Waals surface area contributed by atoms with Gasteiger partial charge in [0.05, 0.1) is 6.10 Å². The first-order valence-corrected chi connectivity index (χ1v) is 8.46. The lowest BCUT2D eigenvalue weighted by Crippen LogP contribution is -2.14. The largest absolute Gasteiger partial charge is 0.384 e. The van der Waals surface area contributed by atoms with Crippen molar-refractivity contribution < 1.29 is 5.11 Å². The summed E-state index contributed by atoms with van der Waals surface area (Å²) >= 11 is 0. The van der Waals surface area contributed by atoms with E-state index in [1.165, 1.54) is 33.1 Å². The highest BCUT2D eigenvalue weighted by Crippen LogP contribution is 2.40. The van der Waals surface area contributed by atoms with Crippen molar-refractivity contribution in [3.63, 3.8) is 0 Å². The molecule has 0 saturated heterocycles. The average Bonchev–Trinajstić information content (AvgIpc) is 2.95. The smallest absolute Gasteiger partial charge is 0.0977 e. The molecule has 0 aromatic heterocycles. The Morgan fingerprint density at radius 1 is 1.12 bits per heavy atom. The predicted molar refractivity (Wildman–Crippen MR) is 100 cm³/mol. The summed E-state index contributed by atoms with van der Waals surface area (Å²) < 4.78 is 0. The fourth-order valence-electron chi connectivity index (χ4n) is 3.74. The van der Waals surface area contributed by atoms with Crippen LogP contribution in [0.5, 0.6) is 0 Å². The summed E-state index contributed by atoms with van der Waals surface area (Å²) in [5.41, 5.74) is 11.7. The van der Waals surface area contributed by atoms with Gasteiger partial charge in [0.15, 0.2) is 0 Å². The number of hydrogen-bond acceptors (Lipinski definition) is 2. The van der Waals surface area contributed by atoms with Crippen molar-refractivity contribution in [2.24, 2.45) is 5.73 Å². The van der Waals surface area contributed by atoms with Crippen LogP contribution in [0.3, 0.4) is 0 Å². The van der Waals surface area contributed by atoms with E-state index in [1.807, 2.05) is 6.08 Å². The van der Waals surface area contributed by atoms with E-state index in [0.29, 0.717) is 6.54 Å². The van der Waals surface area contributed by atoms with E-state index in [4.69, 9.17) is 5.73 Å². The van der Waals surface area contributed by atoms with Crippen LogP contribution in [0.1, 0.15) is 18.4 Å². The molecule has 3 N–H and O–H groups in total. The summed E-state index contributed by atoms with van der Waals surface area (Å²) in [7, 11) is 0. The van der Waals surface area contributed by atoms with Crippen LogP contribution in [0.25, 0.3) is 16.8 Å². The molecule has 0 amide bonds. The van der Waals surface area contributed by atoms with Gasteiger partial charge in [-0.1, -0.05) is 60.7 Å². The molecule has 4 rings (SSSR count). The molecule has 0 saturated carbocycles. The van der Waals surface area contributed by atoms with Crippen molar-refractivity contribution >= 4 is 16.8 Å². The molecule has 2 nitrogen and oxygen atoms in total. The second-order valence-corrected chi connectivity index (χ2v) is 6.35. The van der Waals surface area contributed by atoms with Crippen molar-refractivity contribution in [2.75, 3.05) is 6.54 Å². The number of fused-ring (bicyclic) bond motifs is 1. The first-order chi connectivity index (χ1) is 11.8. The maximum Gasteiger partial charge on any atom is 0.0977 e. The standard InChI is InChI=1S/C22H21NO/c23-12-11-17-14-18(20-9-4-10-21(24)22(17)20)13-16-7-3-6-15-5-1-2-8-19(15)16/h1-8,10,13-14,21,24H,9,11-12,23H2/b18-13+. The first kappa shape index (κ1) is 15.1. The Bertz CT molecular complexity index is 909. The van der Waals surface area contributed by atoms with Crippen molar-refractivity contribution in [1.29, 1.82) is 0 Å². The number of rotatable bonds is 3. The van der Waals surface area contributed by atoms with E-state index in [0.717, 1.165) is 18.4 Å². The normalized spacial score (nSPS) is 21.5. The zero-order chi connectivity index (χ0) is 16.5. The van der Waals surface area contributed by atoms with Crippen LogP contribution in [0, 0.1) is 0 Å². The summed E-state index contributed by atoms with van der Waals surface area (Å²) in [4.78, 5) is 0. The third-order valence-corrected chi connectivity index (χ3v) is 4.83. The molecule has 2 aromatic carbocycles. The highest BCUT2D eigenvalue weighted by Gasteiger charge is 2.26. The van der Waals surface area contributed by atoms with Gasteiger partial charge in [-0.15, -0.1) is 0 Å². The number of aliphatic hydroxyl groups excluding tert-OH is 1. The lowest BCUT2D eigenvalue weighted by molar-refractivity contribution is 0.258. The molecule has 24 heavy (non-hydrogen) atoms. The molecule has 0 bridgehead atoms. The minimum Gasteiger partial charge on any atom is -0.384 e. The quantitative estimate of drug-likeness (QED) is 0.837. The Balaban J connectivity index is 1.84. The van der Waals surface area contributed by atoms with Crippen LogP contribution < -0.4 is 5.73 Å². The molecular formula is C22H21NO. The van der Waals surface area contributed by atoms with E-state index in [1.54, 1.807) is 0 Å². The van der Waals surface area contributed by atoms with Crippen molar-refractivity contribution in [1.82, 2.24) is 0 Å². The highest BCUT2D eigenvalue weighted by molar-refractivity contribution is 5.92. The van der Waals surface area contributed by atoms with E-state index < -0.39 is 6.10 Å². The minimum atomic E-state index is -0.509. The Hall–Kier alpha value is -2.42. The summed E-state index contributed by atoms with van der Waals surface area (Å²) in [5, 5.41) is 12.9.